The van der Waals surface area contributed by atoms with Crippen LogP contribution in [0, 0.1) is 6.92 Å². The van der Waals surface area contributed by atoms with Gasteiger partial charge in [0, 0.05) is 18.0 Å². The van der Waals surface area contributed by atoms with E-state index >= 15 is 0 Å². The summed E-state index contributed by atoms with van der Waals surface area (Å²) in [7, 11) is 0. The van der Waals surface area contributed by atoms with E-state index in [1.807, 2.05) is 38.1 Å². The highest BCUT2D eigenvalue weighted by Crippen LogP contribution is 2.21. The van der Waals surface area contributed by atoms with Crippen molar-refractivity contribution in [3.05, 3.63) is 41.7 Å². The lowest BCUT2D eigenvalue weighted by Gasteiger charge is -1.96. The number of rotatable bonds is 4. The van der Waals surface area contributed by atoms with Gasteiger partial charge in [0.15, 0.2) is 0 Å². The number of nitrogens with one attached hydrogen (secondary N) is 1. The zero-order valence-electron chi connectivity index (χ0n) is 10.7. The molecule has 1 aromatic carbocycles. The number of carbonyl (C=O) groups is 1. The van der Waals surface area contributed by atoms with Crippen molar-refractivity contribution >= 4 is 23.0 Å². The zero-order chi connectivity index (χ0) is 13.0. The van der Waals surface area contributed by atoms with Crippen molar-refractivity contribution in [2.75, 3.05) is 6.54 Å². The molecule has 0 aliphatic carbocycles. The predicted octanol–water partition coefficient (Wildman–Crippen LogP) is 3.28. The molecule has 0 fully saturated rings. The van der Waals surface area contributed by atoms with E-state index in [0.717, 1.165) is 23.0 Å². The Hall–Kier alpha value is -2.03. The van der Waals surface area contributed by atoms with Crippen LogP contribution in [0.25, 0.3) is 17.0 Å². The second-order valence-corrected chi connectivity index (χ2v) is 4.31. The zero-order valence-corrected chi connectivity index (χ0v) is 10.7. The van der Waals surface area contributed by atoms with Crippen LogP contribution in [0.15, 0.2) is 34.8 Å². The van der Waals surface area contributed by atoms with E-state index in [9.17, 15) is 4.79 Å². The summed E-state index contributed by atoms with van der Waals surface area (Å²) in [6.45, 7) is 4.74. The van der Waals surface area contributed by atoms with Gasteiger partial charge in [-0.15, -0.1) is 0 Å². The van der Waals surface area contributed by atoms with Gasteiger partial charge >= 0.3 is 0 Å². The molecular formula is C15H17NO2. The minimum absolute atomic E-state index is 0.0894. The van der Waals surface area contributed by atoms with E-state index in [4.69, 9.17) is 4.42 Å². The van der Waals surface area contributed by atoms with Crippen LogP contribution < -0.4 is 5.32 Å². The first-order chi connectivity index (χ1) is 8.69. The number of amides is 1. The first-order valence-electron chi connectivity index (χ1n) is 6.15. The molecule has 0 unspecified atom stereocenters. The van der Waals surface area contributed by atoms with Crippen molar-refractivity contribution in [1.82, 2.24) is 5.32 Å². The minimum Gasteiger partial charge on any atom is -0.457 e. The molecule has 0 aliphatic rings. The molecule has 0 bridgehead atoms. The molecule has 0 saturated heterocycles. The number of hydrogen-bond donors (Lipinski definition) is 1. The van der Waals surface area contributed by atoms with Crippen LogP contribution in [-0.4, -0.2) is 12.5 Å². The van der Waals surface area contributed by atoms with E-state index in [0.29, 0.717) is 12.3 Å². The minimum atomic E-state index is -0.0894. The summed E-state index contributed by atoms with van der Waals surface area (Å²) in [5, 5.41) is 3.83. The summed E-state index contributed by atoms with van der Waals surface area (Å²) < 4.78 is 5.64. The van der Waals surface area contributed by atoms with Crippen molar-refractivity contribution in [1.29, 1.82) is 0 Å². The third-order valence-corrected chi connectivity index (χ3v) is 2.64. The van der Waals surface area contributed by atoms with Crippen LogP contribution in [0.1, 0.15) is 24.7 Å². The molecule has 0 spiro atoms. The summed E-state index contributed by atoms with van der Waals surface area (Å²) in [6, 6.07) is 7.98. The summed E-state index contributed by atoms with van der Waals surface area (Å²) in [5.74, 6) is 0.607. The van der Waals surface area contributed by atoms with Crippen molar-refractivity contribution in [3.63, 3.8) is 0 Å². The van der Waals surface area contributed by atoms with E-state index < -0.39 is 0 Å². The average molecular weight is 243 g/mol. The molecule has 2 aromatic rings. The highest BCUT2D eigenvalue weighted by molar-refractivity contribution is 5.92. The molecule has 0 aliphatic heterocycles. The smallest absolute Gasteiger partial charge is 0.244 e. The Bertz CT molecular complexity index is 581. The van der Waals surface area contributed by atoms with Crippen LogP contribution in [0.4, 0.5) is 0 Å². The summed E-state index contributed by atoms with van der Waals surface area (Å²) in [6.07, 6.45) is 4.13. The highest BCUT2D eigenvalue weighted by atomic mass is 16.3. The second kappa shape index (κ2) is 5.54. The molecule has 1 N–H and O–H groups in total. The number of furan rings is 1. The molecule has 94 valence electrons. The number of fused-ring (bicyclic) bond motifs is 1. The average Bonchev–Trinajstić information content (AvgIpc) is 2.75. The molecule has 2 rings (SSSR count). The Morgan fingerprint density at radius 1 is 1.39 bits per heavy atom. The molecular weight excluding hydrogens is 226 g/mol. The van der Waals surface area contributed by atoms with Crippen LogP contribution in [0.2, 0.25) is 0 Å². The number of carbonyl (C=O) groups excluding carboxylic acids is 1. The standard InChI is InChI=1S/C15H17NO2/c1-3-8-16-15(17)7-6-13-10-12-5-4-11(2)9-14(12)18-13/h4-7,9-10H,3,8H2,1-2H3,(H,16,17). The lowest BCUT2D eigenvalue weighted by Crippen LogP contribution is -2.21. The van der Waals surface area contributed by atoms with Gasteiger partial charge < -0.3 is 9.73 Å². The van der Waals surface area contributed by atoms with Crippen molar-refractivity contribution < 1.29 is 9.21 Å². The lowest BCUT2D eigenvalue weighted by atomic mass is 10.2. The number of benzene rings is 1. The van der Waals surface area contributed by atoms with Crippen molar-refractivity contribution in [3.8, 4) is 0 Å². The van der Waals surface area contributed by atoms with Crippen LogP contribution in [0.5, 0.6) is 0 Å². The quantitative estimate of drug-likeness (QED) is 0.837. The largest absolute Gasteiger partial charge is 0.457 e. The predicted molar refractivity (Wildman–Crippen MR) is 73.3 cm³/mol. The lowest BCUT2D eigenvalue weighted by molar-refractivity contribution is -0.116. The first kappa shape index (κ1) is 12.4. The Morgan fingerprint density at radius 3 is 3.00 bits per heavy atom. The van der Waals surface area contributed by atoms with Gasteiger partial charge in [0.2, 0.25) is 5.91 Å². The van der Waals surface area contributed by atoms with Crippen LogP contribution in [-0.2, 0) is 4.79 Å². The monoisotopic (exact) mass is 243 g/mol. The highest BCUT2D eigenvalue weighted by Gasteiger charge is 2.01. The fourth-order valence-electron chi connectivity index (χ4n) is 1.71. The van der Waals surface area contributed by atoms with E-state index in [1.54, 1.807) is 6.08 Å². The third-order valence-electron chi connectivity index (χ3n) is 2.64. The molecule has 0 radical (unpaired) electrons. The molecule has 1 amide bonds. The summed E-state index contributed by atoms with van der Waals surface area (Å²) in [5.41, 5.74) is 2.01. The van der Waals surface area contributed by atoms with E-state index in [1.165, 1.54) is 6.08 Å². The van der Waals surface area contributed by atoms with Gasteiger partial charge in [-0.05, 0) is 37.1 Å². The molecule has 0 saturated carbocycles. The van der Waals surface area contributed by atoms with Gasteiger partial charge in [-0.3, -0.25) is 4.79 Å². The third kappa shape index (κ3) is 3.00. The molecule has 1 aromatic heterocycles. The SMILES string of the molecule is CCCNC(=O)C=Cc1cc2ccc(C)cc2o1. The van der Waals surface area contributed by atoms with E-state index in [-0.39, 0.29) is 5.91 Å². The van der Waals surface area contributed by atoms with Gasteiger partial charge in [-0.1, -0.05) is 19.1 Å². The van der Waals surface area contributed by atoms with Gasteiger partial charge in [0.1, 0.15) is 11.3 Å². The van der Waals surface area contributed by atoms with Crippen LogP contribution in [0.3, 0.4) is 0 Å². The van der Waals surface area contributed by atoms with Gasteiger partial charge in [-0.25, -0.2) is 0 Å². The van der Waals surface area contributed by atoms with E-state index in [2.05, 4.69) is 5.32 Å². The maximum Gasteiger partial charge on any atom is 0.244 e. The molecule has 0 atom stereocenters. The van der Waals surface area contributed by atoms with Gasteiger partial charge in [-0.2, -0.15) is 0 Å². The maximum absolute atomic E-state index is 11.4. The number of hydrogen-bond acceptors (Lipinski definition) is 2. The first-order valence-corrected chi connectivity index (χ1v) is 6.15. The molecule has 18 heavy (non-hydrogen) atoms. The second-order valence-electron chi connectivity index (χ2n) is 4.31. The fourth-order valence-corrected chi connectivity index (χ4v) is 1.71. The molecule has 3 nitrogen and oxygen atoms in total. The normalized spacial score (nSPS) is 11.2. The molecule has 1 heterocycles. The Morgan fingerprint density at radius 2 is 2.22 bits per heavy atom. The van der Waals surface area contributed by atoms with Crippen molar-refractivity contribution in [2.45, 2.75) is 20.3 Å². The topological polar surface area (TPSA) is 42.2 Å². The fraction of sp³-hybridized carbons (Fsp3) is 0.267. The van der Waals surface area contributed by atoms with Crippen molar-refractivity contribution in [2.24, 2.45) is 0 Å². The number of aryl methyl sites for hydroxylation is 1. The Labute approximate surface area is 106 Å². The summed E-state index contributed by atoms with van der Waals surface area (Å²) in [4.78, 5) is 11.4. The molecule has 3 heteroatoms. The Kier molecular flexibility index (Phi) is 3.82. The van der Waals surface area contributed by atoms with Gasteiger partial charge in [0.25, 0.3) is 0 Å². The maximum atomic E-state index is 11.4. The Balaban J connectivity index is 2.12. The summed E-state index contributed by atoms with van der Waals surface area (Å²) >= 11 is 0. The van der Waals surface area contributed by atoms with Crippen LogP contribution >= 0.6 is 0 Å². The van der Waals surface area contributed by atoms with Gasteiger partial charge in [0.05, 0.1) is 0 Å².